The molecule has 0 heterocycles. The molecule has 0 aliphatic carbocycles. The van der Waals surface area contributed by atoms with E-state index in [1.807, 2.05) is 36.9 Å². The number of benzene rings is 1. The summed E-state index contributed by atoms with van der Waals surface area (Å²) in [4.78, 5) is 2.01. The highest BCUT2D eigenvalue weighted by Gasteiger charge is 2.11. The van der Waals surface area contributed by atoms with Crippen molar-refractivity contribution < 1.29 is 8.42 Å². The molecule has 1 aromatic carbocycles. The number of likely N-dealkylation sites (N-methyl/N-ethyl adjacent to an activating group) is 1. The summed E-state index contributed by atoms with van der Waals surface area (Å²) in [5.74, 6) is 0. The zero-order valence-electron chi connectivity index (χ0n) is 14.9. The van der Waals surface area contributed by atoms with Crippen LogP contribution in [0.4, 0.5) is 11.4 Å². The third-order valence-electron chi connectivity index (χ3n) is 3.55. The maximum absolute atomic E-state index is 11.2. The maximum atomic E-state index is 11.2. The maximum Gasteiger partial charge on any atom is 0.208 e. The van der Waals surface area contributed by atoms with Gasteiger partial charge in [0.2, 0.25) is 10.0 Å². The van der Waals surface area contributed by atoms with E-state index in [9.17, 15) is 8.42 Å². The van der Waals surface area contributed by atoms with Crippen molar-refractivity contribution >= 4 is 21.4 Å². The molecule has 8 nitrogen and oxygen atoms in total. The van der Waals surface area contributed by atoms with Crippen LogP contribution in [0.2, 0.25) is 0 Å². The number of anilines is 2. The molecule has 1 aromatic rings. The van der Waals surface area contributed by atoms with Gasteiger partial charge in [0, 0.05) is 31.0 Å². The van der Waals surface area contributed by atoms with Crippen LogP contribution in [0, 0.1) is 40.9 Å². The minimum absolute atomic E-state index is 0.101. The van der Waals surface area contributed by atoms with Crippen LogP contribution in [0.15, 0.2) is 29.5 Å². The normalized spacial score (nSPS) is 10.2. The van der Waals surface area contributed by atoms with Gasteiger partial charge in [-0.1, -0.05) is 0 Å². The Morgan fingerprint density at radius 3 is 2.31 bits per heavy atom. The zero-order chi connectivity index (χ0) is 19.7. The lowest BCUT2D eigenvalue weighted by molar-refractivity contribution is 0.587. The number of hydrogen-bond acceptors (Lipinski definition) is 7. The second kappa shape index (κ2) is 9.43. The summed E-state index contributed by atoms with van der Waals surface area (Å²) >= 11 is 0. The van der Waals surface area contributed by atoms with Crippen LogP contribution < -0.4 is 14.9 Å². The molecule has 2 N–H and O–H groups in total. The SMILES string of the molecule is CCN(CCNS(C)(=O)=O)c1ccc(NC(C#N)=C(C#N)C#N)c(C)c1. The number of nitriles is 3. The summed E-state index contributed by atoms with van der Waals surface area (Å²) < 4.78 is 24.8. The molecule has 9 heteroatoms. The molecule has 0 atom stereocenters. The molecule has 0 aliphatic rings. The number of aryl methyl sites for hydroxylation is 1. The fraction of sp³-hybridized carbons (Fsp3) is 0.353. The van der Waals surface area contributed by atoms with E-state index in [-0.39, 0.29) is 11.3 Å². The van der Waals surface area contributed by atoms with Gasteiger partial charge in [-0.25, -0.2) is 13.1 Å². The van der Waals surface area contributed by atoms with Crippen LogP contribution in [0.1, 0.15) is 12.5 Å². The fourth-order valence-corrected chi connectivity index (χ4v) is 2.70. The molecular formula is C17H20N6O2S. The second-order valence-corrected chi connectivity index (χ2v) is 7.29. The first-order valence-electron chi connectivity index (χ1n) is 7.77. The highest BCUT2D eigenvalue weighted by molar-refractivity contribution is 7.88. The van der Waals surface area contributed by atoms with Gasteiger partial charge in [-0.3, -0.25) is 0 Å². The minimum atomic E-state index is -3.23. The molecule has 0 aliphatic heterocycles. The van der Waals surface area contributed by atoms with Crippen LogP contribution in [-0.4, -0.2) is 34.3 Å². The van der Waals surface area contributed by atoms with Crippen molar-refractivity contribution in [3.05, 3.63) is 35.0 Å². The van der Waals surface area contributed by atoms with E-state index in [4.69, 9.17) is 15.8 Å². The average Bonchev–Trinajstić information content (AvgIpc) is 2.59. The lowest BCUT2D eigenvalue weighted by Gasteiger charge is -2.24. The Bertz CT molecular complexity index is 900. The fourth-order valence-electron chi connectivity index (χ4n) is 2.24. The van der Waals surface area contributed by atoms with Crippen LogP contribution >= 0.6 is 0 Å². The standard InChI is InChI=1S/C17H20N6O2S/c1-4-23(8-7-21-26(3,24)25)15-5-6-16(13(2)9-15)22-17(12-20)14(10-18)11-19/h5-6,9,21-22H,4,7-8H2,1-3H3. The van der Waals surface area contributed by atoms with Crippen LogP contribution in [0.3, 0.4) is 0 Å². The Hall–Kier alpha value is -3.06. The highest BCUT2D eigenvalue weighted by Crippen LogP contribution is 2.24. The molecule has 0 saturated heterocycles. The Morgan fingerprint density at radius 2 is 1.85 bits per heavy atom. The molecule has 0 unspecified atom stereocenters. The summed E-state index contributed by atoms with van der Waals surface area (Å²) in [6.45, 7) is 5.29. The topological polar surface area (TPSA) is 133 Å². The van der Waals surface area contributed by atoms with Crippen molar-refractivity contribution in [2.75, 3.05) is 36.1 Å². The molecular weight excluding hydrogens is 352 g/mol. The van der Waals surface area contributed by atoms with Gasteiger partial charge < -0.3 is 10.2 Å². The van der Waals surface area contributed by atoms with Crippen LogP contribution in [0.5, 0.6) is 0 Å². The van der Waals surface area contributed by atoms with Crippen molar-refractivity contribution in [1.82, 2.24) is 4.72 Å². The predicted molar refractivity (Wildman–Crippen MR) is 99.4 cm³/mol. The van der Waals surface area contributed by atoms with Gasteiger partial charge in [0.15, 0.2) is 5.57 Å². The minimum Gasteiger partial charge on any atom is -0.370 e. The van der Waals surface area contributed by atoms with Gasteiger partial charge in [-0.15, -0.1) is 0 Å². The summed E-state index contributed by atoms with van der Waals surface area (Å²) in [7, 11) is -3.23. The van der Waals surface area contributed by atoms with E-state index >= 15 is 0 Å². The van der Waals surface area contributed by atoms with E-state index in [0.717, 1.165) is 17.5 Å². The third-order valence-corrected chi connectivity index (χ3v) is 4.28. The predicted octanol–water partition coefficient (Wildman–Crippen LogP) is 1.61. The van der Waals surface area contributed by atoms with Gasteiger partial charge >= 0.3 is 0 Å². The molecule has 0 radical (unpaired) electrons. The highest BCUT2D eigenvalue weighted by atomic mass is 32.2. The number of nitrogens with zero attached hydrogens (tertiary/aromatic N) is 4. The number of allylic oxidation sites excluding steroid dienone is 2. The lowest BCUT2D eigenvalue weighted by atomic mass is 10.1. The van der Waals surface area contributed by atoms with Gasteiger partial charge in [-0.05, 0) is 37.6 Å². The monoisotopic (exact) mass is 372 g/mol. The van der Waals surface area contributed by atoms with Crippen LogP contribution in [-0.2, 0) is 10.0 Å². The smallest absolute Gasteiger partial charge is 0.208 e. The summed E-state index contributed by atoms with van der Waals surface area (Å²) in [6, 6.07) is 10.7. The molecule has 136 valence electrons. The largest absolute Gasteiger partial charge is 0.370 e. The lowest BCUT2D eigenvalue weighted by Crippen LogP contribution is -2.34. The van der Waals surface area contributed by atoms with Crippen LogP contribution in [0.25, 0.3) is 0 Å². The zero-order valence-corrected chi connectivity index (χ0v) is 15.7. The van der Waals surface area contributed by atoms with E-state index in [1.54, 1.807) is 18.2 Å². The van der Waals surface area contributed by atoms with Crippen molar-refractivity contribution in [2.24, 2.45) is 0 Å². The first kappa shape index (κ1) is 21.0. The first-order chi connectivity index (χ1) is 12.3. The molecule has 0 bridgehead atoms. The third kappa shape index (κ3) is 6.10. The molecule has 0 fully saturated rings. The Morgan fingerprint density at radius 1 is 1.19 bits per heavy atom. The number of sulfonamides is 1. The van der Waals surface area contributed by atoms with Crippen molar-refractivity contribution in [1.29, 1.82) is 15.8 Å². The van der Waals surface area contributed by atoms with Crippen molar-refractivity contribution in [3.8, 4) is 18.2 Å². The molecule has 1 rings (SSSR count). The summed E-state index contributed by atoms with van der Waals surface area (Å²) in [6.07, 6.45) is 1.12. The molecule has 0 aromatic heterocycles. The first-order valence-corrected chi connectivity index (χ1v) is 9.66. The van der Waals surface area contributed by atoms with Gasteiger partial charge in [0.1, 0.15) is 23.9 Å². The summed E-state index contributed by atoms with van der Waals surface area (Å²) in [5, 5.41) is 29.7. The van der Waals surface area contributed by atoms with Gasteiger partial charge in [-0.2, -0.15) is 15.8 Å². The molecule has 0 spiro atoms. The molecule has 0 saturated carbocycles. The van der Waals surface area contributed by atoms with E-state index in [0.29, 0.717) is 25.3 Å². The van der Waals surface area contributed by atoms with E-state index in [1.165, 1.54) is 0 Å². The molecule has 0 amide bonds. The second-order valence-electron chi connectivity index (χ2n) is 5.46. The summed E-state index contributed by atoms with van der Waals surface area (Å²) in [5.41, 5.74) is 1.95. The van der Waals surface area contributed by atoms with Gasteiger partial charge in [0.05, 0.1) is 6.26 Å². The number of hydrogen-bond donors (Lipinski definition) is 2. The quantitative estimate of drug-likeness (QED) is 0.662. The Kier molecular flexibility index (Phi) is 7.61. The van der Waals surface area contributed by atoms with Gasteiger partial charge in [0.25, 0.3) is 0 Å². The average molecular weight is 372 g/mol. The van der Waals surface area contributed by atoms with Crippen molar-refractivity contribution in [2.45, 2.75) is 13.8 Å². The Labute approximate surface area is 154 Å². The number of rotatable bonds is 8. The number of nitrogens with one attached hydrogen (secondary N) is 2. The Balaban J connectivity index is 2.99. The molecule has 26 heavy (non-hydrogen) atoms. The van der Waals surface area contributed by atoms with E-state index in [2.05, 4.69) is 10.0 Å². The van der Waals surface area contributed by atoms with Crippen molar-refractivity contribution in [3.63, 3.8) is 0 Å². The van der Waals surface area contributed by atoms with E-state index < -0.39 is 10.0 Å².